The van der Waals surface area contributed by atoms with E-state index in [1.54, 1.807) is 0 Å². The molecule has 2 amide bonds. The van der Waals surface area contributed by atoms with Crippen molar-refractivity contribution in [1.82, 2.24) is 10.6 Å². The summed E-state index contributed by atoms with van der Waals surface area (Å²) in [5.74, 6) is -2.04. The van der Waals surface area contributed by atoms with Gasteiger partial charge in [0.1, 0.15) is 18.7 Å². The van der Waals surface area contributed by atoms with E-state index < -0.39 is 36.7 Å². The minimum Gasteiger partial charge on any atom is -0.480 e. The van der Waals surface area contributed by atoms with Gasteiger partial charge in [0.15, 0.2) is 0 Å². The molecule has 4 N–H and O–H groups in total. The van der Waals surface area contributed by atoms with E-state index in [-0.39, 0.29) is 18.4 Å². The summed E-state index contributed by atoms with van der Waals surface area (Å²) in [6, 6.07) is 13.5. The molecule has 8 heteroatoms. The van der Waals surface area contributed by atoms with E-state index in [4.69, 9.17) is 9.84 Å². The van der Waals surface area contributed by atoms with Crippen molar-refractivity contribution in [3.63, 3.8) is 0 Å². The van der Waals surface area contributed by atoms with Gasteiger partial charge in [-0.15, -0.1) is 0 Å². The monoisotopic (exact) mass is 454 g/mol. The van der Waals surface area contributed by atoms with E-state index in [0.717, 1.165) is 28.7 Å². The van der Waals surface area contributed by atoms with E-state index in [1.165, 1.54) is 0 Å². The van der Waals surface area contributed by atoms with Crippen LogP contribution in [0.5, 0.6) is 0 Å². The molecule has 1 aliphatic rings. The van der Waals surface area contributed by atoms with Crippen LogP contribution in [0.3, 0.4) is 0 Å². The second kappa shape index (κ2) is 11.0. The number of aliphatic hydroxyl groups is 1. The highest BCUT2D eigenvalue weighted by atomic mass is 16.5. The smallest absolute Gasteiger partial charge is 0.407 e. The van der Waals surface area contributed by atoms with Crippen LogP contribution in [0.15, 0.2) is 48.5 Å². The third-order valence-electron chi connectivity index (χ3n) is 6.08. The number of carboxylic acids is 1. The minimum atomic E-state index is -1.44. The van der Waals surface area contributed by atoms with Crippen LogP contribution in [0.2, 0.25) is 0 Å². The van der Waals surface area contributed by atoms with Gasteiger partial charge in [0.25, 0.3) is 0 Å². The molecule has 2 aromatic rings. The van der Waals surface area contributed by atoms with Crippen molar-refractivity contribution in [2.45, 2.75) is 44.7 Å². The maximum absolute atomic E-state index is 12.6. The second-order valence-electron chi connectivity index (χ2n) is 8.35. The van der Waals surface area contributed by atoms with Crippen molar-refractivity contribution in [3.8, 4) is 11.1 Å². The predicted octanol–water partition coefficient (Wildman–Crippen LogP) is 2.89. The first-order chi connectivity index (χ1) is 15.8. The van der Waals surface area contributed by atoms with Gasteiger partial charge in [-0.2, -0.15) is 0 Å². The molecule has 33 heavy (non-hydrogen) atoms. The molecule has 0 saturated carbocycles. The van der Waals surface area contributed by atoms with Gasteiger partial charge in [0.2, 0.25) is 5.91 Å². The Hall–Kier alpha value is -3.39. The Morgan fingerprint density at radius 1 is 0.970 bits per heavy atom. The SMILES string of the molecule is CCC(C)CC(NC(=O)OCC1c2ccccc2-c2ccccc21)C(=O)NC(CO)C(=O)O. The zero-order chi connectivity index (χ0) is 24.0. The first-order valence-corrected chi connectivity index (χ1v) is 11.1. The fourth-order valence-corrected chi connectivity index (χ4v) is 4.04. The standard InChI is InChI=1S/C25H30N2O6/c1-3-15(2)12-21(23(29)26-22(13-28)24(30)31)27-25(32)33-14-20-18-10-6-4-8-16(18)17-9-5-7-11-19(17)20/h4-11,15,20-22,28H,3,12-14H2,1-2H3,(H,26,29)(H,27,32)(H,30,31). The quantitative estimate of drug-likeness (QED) is 0.438. The summed E-state index contributed by atoms with van der Waals surface area (Å²) < 4.78 is 5.52. The lowest BCUT2D eigenvalue weighted by Gasteiger charge is -2.23. The fourth-order valence-electron chi connectivity index (χ4n) is 4.04. The van der Waals surface area contributed by atoms with Gasteiger partial charge in [-0.3, -0.25) is 4.79 Å². The molecule has 3 atom stereocenters. The average molecular weight is 455 g/mol. The van der Waals surface area contributed by atoms with Crippen molar-refractivity contribution in [2.24, 2.45) is 5.92 Å². The maximum Gasteiger partial charge on any atom is 0.407 e. The van der Waals surface area contributed by atoms with Gasteiger partial charge >= 0.3 is 12.1 Å². The number of nitrogens with one attached hydrogen (secondary N) is 2. The van der Waals surface area contributed by atoms with Gasteiger partial charge in [0.05, 0.1) is 6.61 Å². The molecule has 0 fully saturated rings. The number of rotatable bonds is 10. The van der Waals surface area contributed by atoms with E-state index >= 15 is 0 Å². The maximum atomic E-state index is 12.6. The van der Waals surface area contributed by atoms with Crippen molar-refractivity contribution < 1.29 is 29.3 Å². The van der Waals surface area contributed by atoms with Crippen LogP contribution in [-0.2, 0) is 14.3 Å². The Balaban J connectivity index is 1.68. The molecular formula is C25H30N2O6. The van der Waals surface area contributed by atoms with Gasteiger partial charge in [0, 0.05) is 5.92 Å². The number of hydrogen-bond acceptors (Lipinski definition) is 5. The summed E-state index contributed by atoms with van der Waals surface area (Å²) in [4.78, 5) is 36.4. The van der Waals surface area contributed by atoms with Crippen LogP contribution < -0.4 is 10.6 Å². The van der Waals surface area contributed by atoms with Crippen LogP contribution in [0.1, 0.15) is 43.7 Å². The van der Waals surface area contributed by atoms with Gasteiger partial charge in [-0.05, 0) is 34.6 Å². The number of aliphatic carboxylic acids is 1. The van der Waals surface area contributed by atoms with E-state index in [0.29, 0.717) is 6.42 Å². The Morgan fingerprint density at radius 3 is 2.06 bits per heavy atom. The second-order valence-corrected chi connectivity index (χ2v) is 8.35. The molecular weight excluding hydrogens is 424 g/mol. The number of carbonyl (C=O) groups excluding carboxylic acids is 2. The summed E-state index contributed by atoms with van der Waals surface area (Å²) in [5.41, 5.74) is 4.37. The molecule has 0 aromatic heterocycles. The highest BCUT2D eigenvalue weighted by Gasteiger charge is 2.31. The summed E-state index contributed by atoms with van der Waals surface area (Å²) >= 11 is 0. The van der Waals surface area contributed by atoms with Crippen molar-refractivity contribution in [1.29, 1.82) is 0 Å². The number of alkyl carbamates (subject to hydrolysis) is 1. The third kappa shape index (κ3) is 5.70. The Bertz CT molecular complexity index is 962. The number of carboxylic acid groups (broad SMARTS) is 1. The Kier molecular flexibility index (Phi) is 8.06. The summed E-state index contributed by atoms with van der Waals surface area (Å²) in [6.07, 6.45) is 0.333. The molecule has 0 bridgehead atoms. The van der Waals surface area contributed by atoms with Crippen LogP contribution >= 0.6 is 0 Å². The summed E-state index contributed by atoms with van der Waals surface area (Å²) in [5, 5.41) is 23.1. The number of hydrogen-bond donors (Lipinski definition) is 4. The Labute approximate surface area is 193 Å². The molecule has 8 nitrogen and oxygen atoms in total. The fraction of sp³-hybridized carbons (Fsp3) is 0.400. The zero-order valence-corrected chi connectivity index (χ0v) is 18.8. The Morgan fingerprint density at radius 2 is 1.55 bits per heavy atom. The highest BCUT2D eigenvalue weighted by molar-refractivity contribution is 5.89. The molecule has 0 aliphatic heterocycles. The lowest BCUT2D eigenvalue weighted by molar-refractivity contribution is -0.143. The van der Waals surface area contributed by atoms with Crippen LogP contribution in [0.4, 0.5) is 4.79 Å². The summed E-state index contributed by atoms with van der Waals surface area (Å²) in [7, 11) is 0. The number of amides is 2. The topological polar surface area (TPSA) is 125 Å². The number of carbonyl (C=O) groups is 3. The van der Waals surface area contributed by atoms with Gasteiger partial charge in [-0.1, -0.05) is 68.8 Å². The van der Waals surface area contributed by atoms with Gasteiger partial charge < -0.3 is 25.6 Å². The highest BCUT2D eigenvalue weighted by Crippen LogP contribution is 2.44. The normalized spacial score (nSPS) is 15.0. The molecule has 0 radical (unpaired) electrons. The number of ether oxygens (including phenoxy) is 1. The molecule has 3 unspecified atom stereocenters. The first kappa shape index (κ1) is 24.3. The van der Waals surface area contributed by atoms with Crippen LogP contribution in [0.25, 0.3) is 11.1 Å². The lowest BCUT2D eigenvalue weighted by Crippen LogP contribution is -2.53. The molecule has 0 spiro atoms. The van der Waals surface area contributed by atoms with E-state index in [9.17, 15) is 19.5 Å². The molecule has 1 aliphatic carbocycles. The molecule has 176 valence electrons. The largest absolute Gasteiger partial charge is 0.480 e. The predicted molar refractivity (Wildman–Crippen MR) is 123 cm³/mol. The minimum absolute atomic E-state index is 0.103. The summed E-state index contributed by atoms with van der Waals surface area (Å²) in [6.45, 7) is 3.25. The molecule has 3 rings (SSSR count). The third-order valence-corrected chi connectivity index (χ3v) is 6.08. The first-order valence-electron chi connectivity index (χ1n) is 11.1. The van der Waals surface area contributed by atoms with Crippen LogP contribution in [0, 0.1) is 5.92 Å². The lowest BCUT2D eigenvalue weighted by atomic mass is 9.98. The van der Waals surface area contributed by atoms with Crippen molar-refractivity contribution in [2.75, 3.05) is 13.2 Å². The van der Waals surface area contributed by atoms with E-state index in [2.05, 4.69) is 10.6 Å². The molecule has 0 heterocycles. The van der Waals surface area contributed by atoms with Crippen LogP contribution in [-0.4, -0.2) is 53.5 Å². The van der Waals surface area contributed by atoms with Crippen molar-refractivity contribution >= 4 is 18.0 Å². The zero-order valence-electron chi connectivity index (χ0n) is 18.8. The average Bonchev–Trinajstić information content (AvgIpc) is 3.14. The van der Waals surface area contributed by atoms with Crippen molar-refractivity contribution in [3.05, 3.63) is 59.7 Å². The number of benzene rings is 2. The number of fused-ring (bicyclic) bond motifs is 3. The number of aliphatic hydroxyl groups excluding tert-OH is 1. The van der Waals surface area contributed by atoms with Gasteiger partial charge in [-0.25, -0.2) is 9.59 Å². The van der Waals surface area contributed by atoms with E-state index in [1.807, 2.05) is 62.4 Å². The molecule has 2 aromatic carbocycles. The molecule has 0 saturated heterocycles.